The molecule has 0 aromatic carbocycles. The molecule has 0 rings (SSSR count). The maximum Gasteiger partial charge on any atom is 0.174 e. The summed E-state index contributed by atoms with van der Waals surface area (Å²) >= 11 is 0. The Morgan fingerprint density at radius 1 is 1.20 bits per heavy atom. The van der Waals surface area contributed by atoms with Gasteiger partial charge >= 0.3 is 0 Å². The normalized spacial score (nSPS) is 11.0. The van der Waals surface area contributed by atoms with Crippen molar-refractivity contribution in [3.05, 3.63) is 12.2 Å². The lowest BCUT2D eigenvalue weighted by Crippen LogP contribution is -2.11. The second kappa shape index (κ2) is 4.40. The Labute approximate surface area is 59.1 Å². The summed E-state index contributed by atoms with van der Waals surface area (Å²) in [6.45, 7) is 3.30. The summed E-state index contributed by atoms with van der Waals surface area (Å²) in [5.74, 6) is 0. The predicted molar refractivity (Wildman–Crippen MR) is 34.8 cm³/mol. The highest BCUT2D eigenvalue weighted by molar-refractivity contribution is 4.96. The SMILES string of the molecule is C=C(CCC(O)O)C(O)O. The van der Waals surface area contributed by atoms with Crippen LogP contribution in [0.25, 0.3) is 0 Å². The summed E-state index contributed by atoms with van der Waals surface area (Å²) in [5, 5.41) is 33.5. The van der Waals surface area contributed by atoms with E-state index in [-0.39, 0.29) is 18.4 Å². The number of rotatable bonds is 4. The van der Waals surface area contributed by atoms with Crippen molar-refractivity contribution < 1.29 is 20.4 Å². The summed E-state index contributed by atoms with van der Waals surface area (Å²) in [5.41, 5.74) is 0.188. The maximum atomic E-state index is 8.43. The molecular formula is C6H12O4. The molecule has 0 saturated carbocycles. The minimum atomic E-state index is -1.56. The van der Waals surface area contributed by atoms with Crippen LogP contribution in [0.4, 0.5) is 0 Å². The minimum absolute atomic E-state index is 0.0798. The van der Waals surface area contributed by atoms with Crippen LogP contribution < -0.4 is 0 Å². The standard InChI is InChI=1S/C6H12O4/c1-4(6(9)10)2-3-5(7)8/h5-10H,1-3H2. The summed E-state index contributed by atoms with van der Waals surface area (Å²) in [4.78, 5) is 0. The molecule has 0 heterocycles. The summed E-state index contributed by atoms with van der Waals surface area (Å²) in [7, 11) is 0. The Morgan fingerprint density at radius 3 is 2.00 bits per heavy atom. The van der Waals surface area contributed by atoms with E-state index in [1.54, 1.807) is 0 Å². The summed E-state index contributed by atoms with van der Waals surface area (Å²) in [6, 6.07) is 0. The monoisotopic (exact) mass is 148 g/mol. The van der Waals surface area contributed by atoms with Crippen LogP contribution in [0.15, 0.2) is 12.2 Å². The molecule has 10 heavy (non-hydrogen) atoms. The van der Waals surface area contributed by atoms with Crippen molar-refractivity contribution in [1.82, 2.24) is 0 Å². The highest BCUT2D eigenvalue weighted by atomic mass is 16.5. The van der Waals surface area contributed by atoms with Gasteiger partial charge in [0.15, 0.2) is 12.6 Å². The van der Waals surface area contributed by atoms with Crippen molar-refractivity contribution in [2.45, 2.75) is 25.4 Å². The van der Waals surface area contributed by atoms with Gasteiger partial charge in [-0.2, -0.15) is 0 Å². The average molecular weight is 148 g/mol. The fourth-order valence-corrected chi connectivity index (χ4v) is 0.444. The third kappa shape index (κ3) is 4.46. The Balaban J connectivity index is 3.40. The number of hydrogen-bond acceptors (Lipinski definition) is 4. The van der Waals surface area contributed by atoms with Crippen LogP contribution >= 0.6 is 0 Å². The van der Waals surface area contributed by atoms with E-state index in [9.17, 15) is 0 Å². The molecule has 0 atom stereocenters. The van der Waals surface area contributed by atoms with Crippen LogP contribution in [-0.2, 0) is 0 Å². The number of hydrogen-bond donors (Lipinski definition) is 4. The highest BCUT2D eigenvalue weighted by Gasteiger charge is 2.05. The molecule has 4 N–H and O–H groups in total. The van der Waals surface area contributed by atoms with E-state index in [0.717, 1.165) is 0 Å². The first kappa shape index (κ1) is 9.58. The van der Waals surface area contributed by atoms with Gasteiger partial charge in [0, 0.05) is 6.42 Å². The summed E-state index contributed by atoms with van der Waals surface area (Å²) in [6.07, 6.45) is -2.68. The van der Waals surface area contributed by atoms with E-state index in [1.165, 1.54) is 0 Å². The average Bonchev–Trinajstić information content (AvgIpc) is 1.82. The fourth-order valence-electron chi connectivity index (χ4n) is 0.444. The van der Waals surface area contributed by atoms with Crippen LogP contribution in [-0.4, -0.2) is 33.0 Å². The first-order valence-corrected chi connectivity index (χ1v) is 2.94. The second-order valence-electron chi connectivity index (χ2n) is 2.05. The first-order valence-electron chi connectivity index (χ1n) is 2.94. The number of aliphatic hydroxyl groups is 4. The van der Waals surface area contributed by atoms with Crippen LogP contribution in [0.5, 0.6) is 0 Å². The highest BCUT2D eigenvalue weighted by Crippen LogP contribution is 2.06. The van der Waals surface area contributed by atoms with Gasteiger partial charge in [-0.05, 0) is 12.0 Å². The van der Waals surface area contributed by atoms with Crippen molar-refractivity contribution in [2.24, 2.45) is 0 Å². The fraction of sp³-hybridized carbons (Fsp3) is 0.667. The quantitative estimate of drug-likeness (QED) is 0.303. The van der Waals surface area contributed by atoms with E-state index >= 15 is 0 Å². The van der Waals surface area contributed by atoms with Crippen molar-refractivity contribution in [3.63, 3.8) is 0 Å². The molecule has 0 radical (unpaired) electrons. The zero-order valence-corrected chi connectivity index (χ0v) is 5.56. The lowest BCUT2D eigenvalue weighted by atomic mass is 10.1. The molecule has 0 aliphatic carbocycles. The summed E-state index contributed by atoms with van der Waals surface area (Å²) < 4.78 is 0. The van der Waals surface area contributed by atoms with Gasteiger partial charge in [0.25, 0.3) is 0 Å². The number of aliphatic hydroxyl groups excluding tert-OH is 2. The first-order chi connectivity index (χ1) is 4.54. The van der Waals surface area contributed by atoms with Crippen LogP contribution in [0, 0.1) is 0 Å². The Morgan fingerprint density at radius 2 is 1.70 bits per heavy atom. The zero-order chi connectivity index (χ0) is 8.15. The molecule has 60 valence electrons. The molecule has 0 amide bonds. The zero-order valence-electron chi connectivity index (χ0n) is 5.56. The minimum Gasteiger partial charge on any atom is -0.368 e. The van der Waals surface area contributed by atoms with Gasteiger partial charge in [-0.3, -0.25) is 0 Å². The molecule has 0 aliphatic heterocycles. The van der Waals surface area contributed by atoms with Crippen molar-refractivity contribution in [3.8, 4) is 0 Å². The van der Waals surface area contributed by atoms with E-state index in [0.29, 0.717) is 0 Å². The second-order valence-corrected chi connectivity index (χ2v) is 2.05. The van der Waals surface area contributed by atoms with Crippen LogP contribution in [0.2, 0.25) is 0 Å². The Kier molecular flexibility index (Phi) is 4.22. The Bertz CT molecular complexity index is 108. The third-order valence-corrected chi connectivity index (χ3v) is 1.09. The molecule has 0 unspecified atom stereocenters. The van der Waals surface area contributed by atoms with Gasteiger partial charge in [-0.25, -0.2) is 0 Å². The molecule has 0 saturated heterocycles. The molecular weight excluding hydrogens is 136 g/mol. The van der Waals surface area contributed by atoms with Crippen molar-refractivity contribution in [2.75, 3.05) is 0 Å². The smallest absolute Gasteiger partial charge is 0.174 e. The molecule has 0 aromatic rings. The third-order valence-electron chi connectivity index (χ3n) is 1.09. The van der Waals surface area contributed by atoms with Crippen molar-refractivity contribution >= 4 is 0 Å². The molecule has 4 nitrogen and oxygen atoms in total. The van der Waals surface area contributed by atoms with Gasteiger partial charge in [0.05, 0.1) is 0 Å². The molecule has 4 heteroatoms. The predicted octanol–water partition coefficient (Wildman–Crippen LogP) is -1.06. The van der Waals surface area contributed by atoms with E-state index in [1.807, 2.05) is 0 Å². The van der Waals surface area contributed by atoms with E-state index in [4.69, 9.17) is 20.4 Å². The molecule has 0 aromatic heterocycles. The van der Waals surface area contributed by atoms with E-state index in [2.05, 4.69) is 6.58 Å². The van der Waals surface area contributed by atoms with Gasteiger partial charge in [-0.15, -0.1) is 0 Å². The van der Waals surface area contributed by atoms with Crippen molar-refractivity contribution in [1.29, 1.82) is 0 Å². The molecule has 0 aliphatic rings. The molecule has 0 spiro atoms. The van der Waals surface area contributed by atoms with Gasteiger partial charge in [-0.1, -0.05) is 6.58 Å². The van der Waals surface area contributed by atoms with Gasteiger partial charge in [0.1, 0.15) is 0 Å². The largest absolute Gasteiger partial charge is 0.368 e. The molecule has 0 bridgehead atoms. The molecule has 0 fully saturated rings. The topological polar surface area (TPSA) is 80.9 Å². The van der Waals surface area contributed by atoms with E-state index < -0.39 is 12.6 Å². The maximum absolute atomic E-state index is 8.43. The van der Waals surface area contributed by atoms with Crippen LogP contribution in [0.1, 0.15) is 12.8 Å². The lowest BCUT2D eigenvalue weighted by Gasteiger charge is -2.07. The van der Waals surface area contributed by atoms with Gasteiger partial charge < -0.3 is 20.4 Å². The van der Waals surface area contributed by atoms with Crippen LogP contribution in [0.3, 0.4) is 0 Å². The Hall–Kier alpha value is -0.420. The lowest BCUT2D eigenvalue weighted by molar-refractivity contribution is -0.0498. The van der Waals surface area contributed by atoms with Gasteiger partial charge in [0.2, 0.25) is 0 Å².